The van der Waals surface area contributed by atoms with E-state index in [4.69, 9.17) is 9.47 Å². The van der Waals surface area contributed by atoms with E-state index in [0.717, 1.165) is 36.8 Å². The maximum absolute atomic E-state index is 11.5. The van der Waals surface area contributed by atoms with E-state index in [2.05, 4.69) is 0 Å². The fourth-order valence-electron chi connectivity index (χ4n) is 2.78. The zero-order valence-corrected chi connectivity index (χ0v) is 16.5. The van der Waals surface area contributed by atoms with Gasteiger partial charge in [0.15, 0.2) is 0 Å². The summed E-state index contributed by atoms with van der Waals surface area (Å²) in [5.41, 5.74) is 2.13. The minimum atomic E-state index is -0.694. The fourth-order valence-corrected chi connectivity index (χ4v) is 2.78. The Morgan fingerprint density at radius 1 is 0.667 bits per heavy atom. The van der Waals surface area contributed by atoms with E-state index < -0.39 is 16.0 Å². The summed E-state index contributed by atoms with van der Waals surface area (Å²) in [6, 6.07) is 12.8. The summed E-state index contributed by atoms with van der Waals surface area (Å²) in [6.07, 6.45) is 3.73. The highest BCUT2D eigenvalue weighted by molar-refractivity contribution is 5.59. The molecule has 0 spiro atoms. The number of non-ortho nitro benzene ring substituents is 2. The molecule has 0 radical (unpaired) electrons. The molecule has 0 N–H and O–H groups in total. The minimum absolute atomic E-state index is 0.0672. The largest absolute Gasteiger partial charge is 0.508 e. The summed E-state index contributed by atoms with van der Waals surface area (Å²) < 4.78 is 10.0. The summed E-state index contributed by atoms with van der Waals surface area (Å²) in [5, 5.41) is 21.2. The number of rotatable bonds is 12. The van der Waals surface area contributed by atoms with Crippen LogP contribution in [0.25, 0.3) is 0 Å². The van der Waals surface area contributed by atoms with Crippen LogP contribution in [0, 0.1) is 20.2 Å². The first-order chi connectivity index (χ1) is 14.5. The van der Waals surface area contributed by atoms with Crippen molar-refractivity contribution >= 4 is 17.5 Å². The molecule has 9 heteroatoms. The van der Waals surface area contributed by atoms with Crippen molar-refractivity contribution in [2.45, 2.75) is 38.5 Å². The molecular weight excluding hydrogens is 392 g/mol. The molecule has 0 aromatic heterocycles. The van der Waals surface area contributed by atoms with E-state index in [9.17, 15) is 25.0 Å². The number of carbonyl (C=O) groups excluding carboxylic acids is 1. The first-order valence-electron chi connectivity index (χ1n) is 9.72. The quantitative estimate of drug-likeness (QED) is 0.206. The van der Waals surface area contributed by atoms with Crippen molar-refractivity contribution in [3.63, 3.8) is 0 Å². The second-order valence-electron chi connectivity index (χ2n) is 6.71. The van der Waals surface area contributed by atoms with Crippen LogP contribution in [0.1, 0.15) is 36.8 Å². The molecular formula is C21H24N2O7. The van der Waals surface area contributed by atoms with E-state index in [-0.39, 0.29) is 24.6 Å². The number of nitrogens with zero attached hydrogens (tertiary/aromatic N) is 2. The van der Waals surface area contributed by atoms with Gasteiger partial charge in [0.05, 0.1) is 23.1 Å². The monoisotopic (exact) mass is 416 g/mol. The Kier molecular flexibility index (Phi) is 9.23. The first kappa shape index (κ1) is 22.8. The number of benzene rings is 2. The van der Waals surface area contributed by atoms with Gasteiger partial charge in [0.1, 0.15) is 0 Å². The molecule has 0 aliphatic carbocycles. The van der Waals surface area contributed by atoms with Gasteiger partial charge in [0, 0.05) is 24.3 Å². The third kappa shape index (κ3) is 8.26. The molecule has 0 bridgehead atoms. The predicted octanol–water partition coefficient (Wildman–Crippen LogP) is 5.00. The standard InChI is InChI=1S/C21H24N2O7/c24-21(29-15-3-1-5-17-7-11-19(12-8-17)22(25)26)30-16-4-2-6-18-9-13-20(14-10-18)23(27)28/h7-14H,1-6,15-16H2. The Hall–Kier alpha value is -3.49. The molecule has 0 atom stereocenters. The van der Waals surface area contributed by atoms with Crippen molar-refractivity contribution in [2.75, 3.05) is 13.2 Å². The lowest BCUT2D eigenvalue weighted by atomic mass is 10.1. The highest BCUT2D eigenvalue weighted by Gasteiger charge is 2.06. The number of ether oxygens (including phenoxy) is 2. The summed E-state index contributed by atoms with van der Waals surface area (Å²) >= 11 is 0. The van der Waals surface area contributed by atoms with Crippen LogP contribution < -0.4 is 0 Å². The molecule has 0 aliphatic heterocycles. The summed E-state index contributed by atoms with van der Waals surface area (Å²) in [6.45, 7) is 0.517. The van der Waals surface area contributed by atoms with Crippen molar-refractivity contribution in [1.29, 1.82) is 0 Å². The second kappa shape index (κ2) is 12.2. The van der Waals surface area contributed by atoms with Gasteiger partial charge in [-0.25, -0.2) is 4.79 Å². The number of nitro groups is 2. The highest BCUT2D eigenvalue weighted by atomic mass is 16.7. The van der Waals surface area contributed by atoms with E-state index >= 15 is 0 Å². The van der Waals surface area contributed by atoms with Gasteiger partial charge < -0.3 is 9.47 Å². The molecule has 0 aliphatic rings. The molecule has 0 saturated carbocycles. The lowest BCUT2D eigenvalue weighted by molar-refractivity contribution is -0.385. The van der Waals surface area contributed by atoms with Crippen molar-refractivity contribution in [2.24, 2.45) is 0 Å². The number of carbonyl (C=O) groups is 1. The molecule has 0 amide bonds. The van der Waals surface area contributed by atoms with Gasteiger partial charge in [0.25, 0.3) is 11.4 Å². The average molecular weight is 416 g/mol. The van der Waals surface area contributed by atoms with Gasteiger partial charge in [-0.2, -0.15) is 0 Å². The molecule has 0 heterocycles. The maximum Gasteiger partial charge on any atom is 0.508 e. The number of unbranched alkanes of at least 4 members (excludes halogenated alkanes) is 2. The van der Waals surface area contributed by atoms with Crippen LogP contribution in [-0.2, 0) is 22.3 Å². The Bertz CT molecular complexity index is 766. The van der Waals surface area contributed by atoms with Gasteiger partial charge in [-0.15, -0.1) is 0 Å². The smallest absolute Gasteiger partial charge is 0.434 e. The lowest BCUT2D eigenvalue weighted by Gasteiger charge is -2.06. The Labute approximate surface area is 173 Å². The van der Waals surface area contributed by atoms with E-state index in [1.165, 1.54) is 24.3 Å². The van der Waals surface area contributed by atoms with Crippen molar-refractivity contribution in [3.05, 3.63) is 79.9 Å². The number of aryl methyl sites for hydroxylation is 2. The van der Waals surface area contributed by atoms with Crippen LogP contribution in [-0.4, -0.2) is 29.2 Å². The Morgan fingerprint density at radius 3 is 1.37 bits per heavy atom. The molecule has 2 aromatic rings. The molecule has 30 heavy (non-hydrogen) atoms. The summed E-state index contributed by atoms with van der Waals surface area (Å²) in [4.78, 5) is 31.9. The van der Waals surface area contributed by atoms with Crippen molar-refractivity contribution in [3.8, 4) is 0 Å². The number of nitro benzene ring substituents is 2. The third-order valence-electron chi connectivity index (χ3n) is 4.45. The fraction of sp³-hybridized carbons (Fsp3) is 0.381. The zero-order valence-electron chi connectivity index (χ0n) is 16.5. The second-order valence-corrected chi connectivity index (χ2v) is 6.71. The summed E-state index contributed by atoms with van der Waals surface area (Å²) in [7, 11) is 0. The van der Waals surface area contributed by atoms with Gasteiger partial charge in [-0.05, 0) is 49.7 Å². The lowest BCUT2D eigenvalue weighted by Crippen LogP contribution is -2.09. The number of hydrogen-bond acceptors (Lipinski definition) is 7. The number of hydrogen-bond donors (Lipinski definition) is 0. The molecule has 2 rings (SSSR count). The maximum atomic E-state index is 11.5. The van der Waals surface area contributed by atoms with Crippen LogP contribution in [0.15, 0.2) is 48.5 Å². The predicted molar refractivity (Wildman–Crippen MR) is 109 cm³/mol. The Balaban J connectivity index is 1.49. The van der Waals surface area contributed by atoms with Crippen LogP contribution in [0.3, 0.4) is 0 Å². The molecule has 0 saturated heterocycles. The zero-order chi connectivity index (χ0) is 21.8. The van der Waals surface area contributed by atoms with E-state index in [0.29, 0.717) is 12.8 Å². The minimum Gasteiger partial charge on any atom is -0.434 e. The molecule has 9 nitrogen and oxygen atoms in total. The SMILES string of the molecule is O=C(OCCCCc1ccc([N+](=O)[O-])cc1)OCCCCc1ccc([N+](=O)[O-])cc1. The van der Waals surface area contributed by atoms with E-state index in [1.807, 2.05) is 0 Å². The molecule has 160 valence electrons. The van der Waals surface area contributed by atoms with Crippen LogP contribution in [0.5, 0.6) is 0 Å². The normalized spacial score (nSPS) is 10.4. The molecule has 0 unspecified atom stereocenters. The van der Waals surface area contributed by atoms with Crippen molar-refractivity contribution < 1.29 is 24.1 Å². The van der Waals surface area contributed by atoms with Crippen LogP contribution >= 0.6 is 0 Å². The summed E-state index contributed by atoms with van der Waals surface area (Å²) in [5.74, 6) is 0. The molecule has 0 fully saturated rings. The van der Waals surface area contributed by atoms with Gasteiger partial charge >= 0.3 is 6.16 Å². The van der Waals surface area contributed by atoms with Gasteiger partial charge in [-0.1, -0.05) is 24.3 Å². The van der Waals surface area contributed by atoms with Gasteiger partial charge in [0.2, 0.25) is 0 Å². The topological polar surface area (TPSA) is 122 Å². The van der Waals surface area contributed by atoms with E-state index in [1.54, 1.807) is 24.3 Å². The Morgan fingerprint density at radius 2 is 1.03 bits per heavy atom. The third-order valence-corrected chi connectivity index (χ3v) is 4.45. The van der Waals surface area contributed by atoms with Gasteiger partial charge in [-0.3, -0.25) is 20.2 Å². The molecule has 2 aromatic carbocycles. The average Bonchev–Trinajstić information content (AvgIpc) is 2.74. The first-order valence-corrected chi connectivity index (χ1v) is 9.72. The van der Waals surface area contributed by atoms with Crippen molar-refractivity contribution in [1.82, 2.24) is 0 Å². The van der Waals surface area contributed by atoms with Crippen LogP contribution in [0.2, 0.25) is 0 Å². The van der Waals surface area contributed by atoms with Crippen LogP contribution in [0.4, 0.5) is 16.2 Å². The highest BCUT2D eigenvalue weighted by Crippen LogP contribution is 2.14.